The fourth-order valence-electron chi connectivity index (χ4n) is 2.64. The molecule has 6 nitrogen and oxygen atoms in total. The summed E-state index contributed by atoms with van der Waals surface area (Å²) in [5.74, 6) is -0.950. The summed E-state index contributed by atoms with van der Waals surface area (Å²) in [4.78, 5) is 25.7. The summed E-state index contributed by atoms with van der Waals surface area (Å²) >= 11 is 0. The first kappa shape index (κ1) is 11.3. The Hall–Kier alpha value is -1.24. The van der Waals surface area contributed by atoms with Gasteiger partial charge in [-0.15, -0.1) is 0 Å². The van der Waals surface area contributed by atoms with Gasteiger partial charge in [-0.3, -0.25) is 0 Å². The van der Waals surface area contributed by atoms with E-state index in [4.69, 9.17) is 5.11 Å². The molecule has 16 heavy (non-hydrogen) atoms. The Morgan fingerprint density at radius 2 is 2.31 bits per heavy atom. The number of hydrogen-bond donors (Lipinski definition) is 1. The summed E-state index contributed by atoms with van der Waals surface area (Å²) in [5.41, 5.74) is 0. The van der Waals surface area contributed by atoms with Crippen LogP contribution in [0.3, 0.4) is 0 Å². The predicted molar refractivity (Wildman–Crippen MR) is 54.1 cm³/mol. The maximum absolute atomic E-state index is 11.9. The Balaban J connectivity index is 2.05. The molecule has 2 fully saturated rings. The SMILES string of the molecule is O=BCN1CCC2CN(CC(=O)O)C(=O)C21. The molecule has 1 amide bonds. The molecule has 0 aliphatic carbocycles. The summed E-state index contributed by atoms with van der Waals surface area (Å²) in [5, 5.41) is 8.66. The first-order valence-corrected chi connectivity index (χ1v) is 5.31. The minimum absolute atomic E-state index is 0.147. The number of carboxylic acid groups (broad SMARTS) is 1. The number of aliphatic carboxylic acids is 1. The van der Waals surface area contributed by atoms with Crippen molar-refractivity contribution in [2.45, 2.75) is 12.5 Å². The number of fused-ring (bicyclic) bond motifs is 1. The zero-order valence-electron chi connectivity index (χ0n) is 8.83. The fourth-order valence-corrected chi connectivity index (χ4v) is 2.64. The third-order valence-electron chi connectivity index (χ3n) is 3.28. The Bertz CT molecular complexity index is 335. The third-order valence-corrected chi connectivity index (χ3v) is 3.28. The van der Waals surface area contributed by atoms with Gasteiger partial charge in [0.05, 0.1) is 0 Å². The summed E-state index contributed by atoms with van der Waals surface area (Å²) in [6.07, 6.45) is 1.12. The van der Waals surface area contributed by atoms with Crippen molar-refractivity contribution < 1.29 is 19.4 Å². The molecular formula is C9H13BN2O4. The molecule has 7 heteroatoms. The maximum atomic E-state index is 11.9. The van der Waals surface area contributed by atoms with Crippen LogP contribution in [-0.4, -0.2) is 66.1 Å². The molecule has 86 valence electrons. The van der Waals surface area contributed by atoms with Crippen molar-refractivity contribution >= 4 is 19.0 Å². The average molecular weight is 224 g/mol. The number of carbonyl (C=O) groups is 2. The van der Waals surface area contributed by atoms with E-state index in [1.54, 1.807) is 0 Å². The molecule has 0 aromatic carbocycles. The van der Waals surface area contributed by atoms with Crippen molar-refractivity contribution in [3.63, 3.8) is 0 Å². The van der Waals surface area contributed by atoms with Crippen molar-refractivity contribution in [2.75, 3.05) is 26.1 Å². The summed E-state index contributed by atoms with van der Waals surface area (Å²) in [7, 11) is 0.787. The number of nitrogens with zero attached hydrogens (tertiary/aromatic N) is 2. The summed E-state index contributed by atoms with van der Waals surface area (Å²) in [6, 6.07) is -0.274. The van der Waals surface area contributed by atoms with Crippen LogP contribution in [0.4, 0.5) is 0 Å². The van der Waals surface area contributed by atoms with Crippen molar-refractivity contribution in [2.24, 2.45) is 5.92 Å². The Morgan fingerprint density at radius 3 is 2.94 bits per heavy atom. The van der Waals surface area contributed by atoms with E-state index in [1.165, 1.54) is 4.90 Å². The first-order valence-electron chi connectivity index (χ1n) is 5.31. The number of amides is 1. The van der Waals surface area contributed by atoms with E-state index < -0.39 is 5.97 Å². The zero-order valence-corrected chi connectivity index (χ0v) is 8.83. The van der Waals surface area contributed by atoms with E-state index in [1.807, 2.05) is 4.90 Å². The number of carbonyl (C=O) groups excluding carboxylic acids is 1. The molecule has 1 N–H and O–H groups in total. The fraction of sp³-hybridized carbons (Fsp3) is 0.778. The molecule has 0 radical (unpaired) electrons. The van der Waals surface area contributed by atoms with Gasteiger partial charge in [-0.1, -0.05) is 0 Å². The van der Waals surface area contributed by atoms with Crippen LogP contribution >= 0.6 is 0 Å². The normalized spacial score (nSPS) is 29.2. The monoisotopic (exact) mass is 224 g/mol. The van der Waals surface area contributed by atoms with Crippen LogP contribution in [0.25, 0.3) is 0 Å². The van der Waals surface area contributed by atoms with Crippen LogP contribution in [0.15, 0.2) is 0 Å². The second-order valence-electron chi connectivity index (χ2n) is 4.27. The number of likely N-dealkylation sites (tertiary alicyclic amines) is 2. The van der Waals surface area contributed by atoms with Gasteiger partial charge in [0.1, 0.15) is 0 Å². The standard InChI is InChI=1S/C9H13BN2O4/c13-7(14)4-12-3-6-1-2-11(5-10-16)8(6)9(12)15/h6,8H,1-5H2,(H,13,14). The number of carboxylic acids is 1. The van der Waals surface area contributed by atoms with Crippen LogP contribution < -0.4 is 0 Å². The van der Waals surface area contributed by atoms with Gasteiger partial charge < -0.3 is 0 Å². The van der Waals surface area contributed by atoms with E-state index in [-0.39, 0.29) is 30.9 Å². The van der Waals surface area contributed by atoms with Crippen LogP contribution in [0.2, 0.25) is 0 Å². The quantitative estimate of drug-likeness (QED) is 0.595. The molecule has 2 aliphatic heterocycles. The Labute approximate surface area is 93.4 Å². The second-order valence-corrected chi connectivity index (χ2v) is 4.27. The van der Waals surface area contributed by atoms with Crippen molar-refractivity contribution in [3.05, 3.63) is 0 Å². The minimum atomic E-state index is -0.990. The Kier molecular flexibility index (Phi) is 3.04. The Morgan fingerprint density at radius 1 is 1.56 bits per heavy atom. The molecular weight excluding hydrogens is 211 g/mol. The van der Waals surface area contributed by atoms with Crippen molar-refractivity contribution in [1.82, 2.24) is 9.80 Å². The average Bonchev–Trinajstić information content (AvgIpc) is 2.71. The van der Waals surface area contributed by atoms with Crippen LogP contribution in [-0.2, 0) is 14.3 Å². The van der Waals surface area contributed by atoms with Gasteiger partial charge >= 0.3 is 92.7 Å². The van der Waals surface area contributed by atoms with Gasteiger partial charge in [-0.05, 0) is 0 Å². The summed E-state index contributed by atoms with van der Waals surface area (Å²) in [6.45, 7) is 1.02. The second kappa shape index (κ2) is 4.33. The topological polar surface area (TPSA) is 77.9 Å². The van der Waals surface area contributed by atoms with Crippen LogP contribution in [0, 0.1) is 5.92 Å². The molecule has 2 saturated heterocycles. The molecule has 0 aromatic heterocycles. The zero-order chi connectivity index (χ0) is 11.7. The molecule has 2 unspecified atom stereocenters. The van der Waals surface area contributed by atoms with Crippen molar-refractivity contribution in [1.29, 1.82) is 0 Å². The molecule has 2 heterocycles. The molecule has 0 spiro atoms. The summed E-state index contributed by atoms with van der Waals surface area (Å²) < 4.78 is 10.5. The van der Waals surface area contributed by atoms with E-state index in [0.29, 0.717) is 6.54 Å². The van der Waals surface area contributed by atoms with Gasteiger partial charge in [0.25, 0.3) is 0 Å². The number of rotatable bonds is 4. The molecule has 0 aromatic rings. The van der Waals surface area contributed by atoms with Crippen LogP contribution in [0.5, 0.6) is 0 Å². The predicted octanol–water partition coefficient (Wildman–Crippen LogP) is -1.39. The van der Waals surface area contributed by atoms with Gasteiger partial charge in [0.15, 0.2) is 0 Å². The molecule has 2 rings (SSSR count). The first-order chi connectivity index (χ1) is 7.63. The van der Waals surface area contributed by atoms with Gasteiger partial charge in [-0.25, -0.2) is 0 Å². The van der Waals surface area contributed by atoms with Gasteiger partial charge in [-0.2, -0.15) is 0 Å². The van der Waals surface area contributed by atoms with Gasteiger partial charge in [0.2, 0.25) is 0 Å². The van der Waals surface area contributed by atoms with E-state index in [9.17, 15) is 14.3 Å². The number of hydrogen-bond acceptors (Lipinski definition) is 4. The molecule has 2 aliphatic rings. The van der Waals surface area contributed by atoms with E-state index in [2.05, 4.69) is 0 Å². The van der Waals surface area contributed by atoms with E-state index in [0.717, 1.165) is 20.1 Å². The third kappa shape index (κ3) is 1.87. The van der Waals surface area contributed by atoms with Crippen molar-refractivity contribution in [3.8, 4) is 0 Å². The van der Waals surface area contributed by atoms with Gasteiger partial charge in [0, 0.05) is 0 Å². The molecule has 0 saturated carbocycles. The van der Waals surface area contributed by atoms with Crippen LogP contribution in [0.1, 0.15) is 6.42 Å². The molecule has 0 bridgehead atoms. The van der Waals surface area contributed by atoms with E-state index >= 15 is 0 Å². The molecule has 2 atom stereocenters.